The van der Waals surface area contributed by atoms with Gasteiger partial charge in [-0.3, -0.25) is 14.1 Å². The molecule has 0 bridgehead atoms. The molecule has 5 rings (SSSR count). The van der Waals surface area contributed by atoms with Gasteiger partial charge in [-0.25, -0.2) is 4.98 Å². The Labute approximate surface area is 202 Å². The van der Waals surface area contributed by atoms with Crippen LogP contribution in [-0.4, -0.2) is 58.4 Å². The standard InChI is InChI=1S/C25H25ClN4O2S/c1-17-15-30-22(23(27-25(30)33-17)18-7-9-19(32-2)10-8-18)16-28-11-13-29(14-12-28)24(31)20-5-3-4-6-21(20)26/h3-10,15H,11-14,16H2,1-2H3. The quantitative estimate of drug-likeness (QED) is 0.403. The van der Waals surface area contributed by atoms with E-state index in [2.05, 4.69) is 34.6 Å². The Balaban J connectivity index is 1.35. The Bertz CT molecular complexity index is 1290. The number of nitrogens with zero attached hydrogens (tertiary/aromatic N) is 4. The van der Waals surface area contributed by atoms with Crippen molar-refractivity contribution in [3.8, 4) is 17.0 Å². The molecule has 0 N–H and O–H groups in total. The number of rotatable bonds is 5. The zero-order valence-electron chi connectivity index (χ0n) is 18.6. The van der Waals surface area contributed by atoms with E-state index in [0.29, 0.717) is 23.7 Å². The van der Waals surface area contributed by atoms with Crippen LogP contribution >= 0.6 is 22.9 Å². The fourth-order valence-electron chi connectivity index (χ4n) is 4.26. The topological polar surface area (TPSA) is 50.1 Å². The first kappa shape index (κ1) is 21.9. The normalized spacial score (nSPS) is 14.7. The Morgan fingerprint density at radius 1 is 1.09 bits per heavy atom. The Morgan fingerprint density at radius 2 is 1.82 bits per heavy atom. The van der Waals surface area contributed by atoms with E-state index in [1.54, 1.807) is 30.6 Å². The lowest BCUT2D eigenvalue weighted by atomic mass is 10.1. The van der Waals surface area contributed by atoms with Crippen LogP contribution in [0.3, 0.4) is 0 Å². The number of fused-ring (bicyclic) bond motifs is 1. The number of amides is 1. The van der Waals surface area contributed by atoms with Crippen molar-refractivity contribution in [1.82, 2.24) is 19.2 Å². The highest BCUT2D eigenvalue weighted by atomic mass is 35.5. The maximum atomic E-state index is 12.9. The molecular formula is C25H25ClN4O2S. The highest BCUT2D eigenvalue weighted by Crippen LogP contribution is 2.30. The van der Waals surface area contributed by atoms with Gasteiger partial charge in [0.15, 0.2) is 4.96 Å². The summed E-state index contributed by atoms with van der Waals surface area (Å²) in [4.78, 5) is 24.4. The summed E-state index contributed by atoms with van der Waals surface area (Å²) in [5.41, 5.74) is 3.82. The number of methoxy groups -OCH3 is 1. The molecule has 0 aliphatic carbocycles. The van der Waals surface area contributed by atoms with Gasteiger partial charge in [-0.1, -0.05) is 23.7 Å². The minimum Gasteiger partial charge on any atom is -0.497 e. The molecule has 1 amide bonds. The van der Waals surface area contributed by atoms with E-state index in [4.69, 9.17) is 21.3 Å². The molecule has 0 atom stereocenters. The van der Waals surface area contributed by atoms with Crippen LogP contribution in [0.4, 0.5) is 0 Å². The first-order chi connectivity index (χ1) is 16.0. The summed E-state index contributed by atoms with van der Waals surface area (Å²) in [6, 6.07) is 15.3. The van der Waals surface area contributed by atoms with Crippen molar-refractivity contribution in [2.75, 3.05) is 33.3 Å². The number of aryl methyl sites for hydroxylation is 1. The van der Waals surface area contributed by atoms with Gasteiger partial charge in [-0.2, -0.15) is 0 Å². The fraction of sp³-hybridized carbons (Fsp3) is 0.280. The second-order valence-corrected chi connectivity index (χ2v) is 9.80. The summed E-state index contributed by atoms with van der Waals surface area (Å²) in [5, 5.41) is 0.503. The van der Waals surface area contributed by atoms with Crippen LogP contribution in [0.5, 0.6) is 5.75 Å². The summed E-state index contributed by atoms with van der Waals surface area (Å²) in [6.07, 6.45) is 2.16. The number of halogens is 1. The number of piperazine rings is 1. The Morgan fingerprint density at radius 3 is 2.52 bits per heavy atom. The van der Waals surface area contributed by atoms with Gasteiger partial charge in [0.05, 0.1) is 29.1 Å². The molecule has 1 aliphatic heterocycles. The molecule has 8 heteroatoms. The van der Waals surface area contributed by atoms with E-state index in [1.807, 2.05) is 29.2 Å². The van der Waals surface area contributed by atoms with E-state index >= 15 is 0 Å². The third-order valence-electron chi connectivity index (χ3n) is 6.04. The molecule has 170 valence electrons. The smallest absolute Gasteiger partial charge is 0.255 e. The molecular weight excluding hydrogens is 456 g/mol. The summed E-state index contributed by atoms with van der Waals surface area (Å²) < 4.78 is 7.52. The Hall–Kier alpha value is -2.87. The van der Waals surface area contributed by atoms with Crippen LogP contribution in [-0.2, 0) is 6.54 Å². The van der Waals surface area contributed by atoms with Crippen LogP contribution in [0, 0.1) is 6.92 Å². The van der Waals surface area contributed by atoms with Gasteiger partial charge < -0.3 is 9.64 Å². The molecule has 1 aliphatic rings. The summed E-state index contributed by atoms with van der Waals surface area (Å²) >= 11 is 7.94. The molecule has 2 aromatic heterocycles. The number of carbonyl (C=O) groups excluding carboxylic acids is 1. The molecule has 0 unspecified atom stereocenters. The van der Waals surface area contributed by atoms with Gasteiger partial charge in [0, 0.05) is 49.4 Å². The van der Waals surface area contributed by atoms with Crippen molar-refractivity contribution in [2.24, 2.45) is 0 Å². The molecule has 3 heterocycles. The van der Waals surface area contributed by atoms with Crippen LogP contribution in [0.15, 0.2) is 54.7 Å². The number of carbonyl (C=O) groups is 1. The molecule has 33 heavy (non-hydrogen) atoms. The van der Waals surface area contributed by atoms with Crippen LogP contribution in [0.1, 0.15) is 20.9 Å². The number of thiazole rings is 1. The van der Waals surface area contributed by atoms with Crippen LogP contribution in [0.2, 0.25) is 5.02 Å². The Kier molecular flexibility index (Phi) is 6.10. The minimum atomic E-state index is -0.000579. The number of hydrogen-bond acceptors (Lipinski definition) is 5. The van der Waals surface area contributed by atoms with Crippen molar-refractivity contribution in [1.29, 1.82) is 0 Å². The van der Waals surface area contributed by atoms with Crippen molar-refractivity contribution in [2.45, 2.75) is 13.5 Å². The van der Waals surface area contributed by atoms with E-state index in [-0.39, 0.29) is 5.91 Å². The lowest BCUT2D eigenvalue weighted by Gasteiger charge is -2.35. The summed E-state index contributed by atoms with van der Waals surface area (Å²) in [6.45, 7) is 5.82. The largest absolute Gasteiger partial charge is 0.497 e. The zero-order valence-corrected chi connectivity index (χ0v) is 20.2. The third-order valence-corrected chi connectivity index (χ3v) is 7.27. The monoisotopic (exact) mass is 480 g/mol. The first-order valence-electron chi connectivity index (χ1n) is 10.9. The maximum Gasteiger partial charge on any atom is 0.255 e. The fourth-order valence-corrected chi connectivity index (χ4v) is 5.32. The number of benzene rings is 2. The van der Waals surface area contributed by atoms with Gasteiger partial charge in [0.1, 0.15) is 5.75 Å². The van der Waals surface area contributed by atoms with Gasteiger partial charge >= 0.3 is 0 Å². The highest BCUT2D eigenvalue weighted by Gasteiger charge is 2.25. The van der Waals surface area contributed by atoms with Gasteiger partial charge in [-0.05, 0) is 43.3 Å². The average Bonchev–Trinajstić information content (AvgIpc) is 3.36. The lowest BCUT2D eigenvalue weighted by molar-refractivity contribution is 0.0627. The van der Waals surface area contributed by atoms with E-state index in [9.17, 15) is 4.79 Å². The number of hydrogen-bond donors (Lipinski definition) is 0. The van der Waals surface area contributed by atoms with Crippen LogP contribution in [0.25, 0.3) is 16.2 Å². The second kappa shape index (κ2) is 9.17. The molecule has 0 radical (unpaired) electrons. The molecule has 1 fully saturated rings. The number of aromatic nitrogens is 2. The minimum absolute atomic E-state index is 0.000579. The number of imidazole rings is 1. The highest BCUT2D eigenvalue weighted by molar-refractivity contribution is 7.17. The molecule has 1 saturated heterocycles. The molecule has 4 aromatic rings. The SMILES string of the molecule is COc1ccc(-c2nc3sc(C)cn3c2CN2CCN(C(=O)c3ccccc3Cl)CC2)cc1. The van der Waals surface area contributed by atoms with Gasteiger partial charge in [0.2, 0.25) is 0 Å². The van der Waals surface area contributed by atoms with E-state index in [0.717, 1.165) is 41.6 Å². The lowest BCUT2D eigenvalue weighted by Crippen LogP contribution is -2.48. The first-order valence-corrected chi connectivity index (χ1v) is 12.1. The molecule has 6 nitrogen and oxygen atoms in total. The maximum absolute atomic E-state index is 12.9. The van der Waals surface area contributed by atoms with Gasteiger partial charge in [0.25, 0.3) is 5.91 Å². The third kappa shape index (κ3) is 4.36. The van der Waals surface area contributed by atoms with Gasteiger partial charge in [-0.15, -0.1) is 11.3 Å². The summed E-state index contributed by atoms with van der Waals surface area (Å²) in [7, 11) is 1.67. The van der Waals surface area contributed by atoms with Crippen molar-refractivity contribution < 1.29 is 9.53 Å². The molecule has 2 aromatic carbocycles. The van der Waals surface area contributed by atoms with E-state index < -0.39 is 0 Å². The molecule has 0 saturated carbocycles. The molecule has 0 spiro atoms. The van der Waals surface area contributed by atoms with Crippen molar-refractivity contribution in [3.63, 3.8) is 0 Å². The zero-order chi connectivity index (χ0) is 22.9. The van der Waals surface area contributed by atoms with Crippen molar-refractivity contribution in [3.05, 3.63) is 75.9 Å². The van der Waals surface area contributed by atoms with Crippen LogP contribution < -0.4 is 4.74 Å². The van der Waals surface area contributed by atoms with Crippen molar-refractivity contribution >= 4 is 33.8 Å². The van der Waals surface area contributed by atoms with E-state index in [1.165, 1.54) is 10.6 Å². The predicted octanol–water partition coefficient (Wildman–Crippen LogP) is 4.99. The average molecular weight is 481 g/mol. The number of ether oxygens (including phenoxy) is 1. The second-order valence-electron chi connectivity index (χ2n) is 8.18. The summed E-state index contributed by atoms with van der Waals surface area (Å²) in [5.74, 6) is 0.829. The predicted molar refractivity (Wildman–Crippen MR) is 132 cm³/mol.